The number of carbonyl (C=O) groups is 2. The van der Waals surface area contributed by atoms with E-state index in [0.29, 0.717) is 28.8 Å². The molecule has 3 rings (SSSR count). The van der Waals surface area contributed by atoms with E-state index in [1.807, 2.05) is 6.07 Å². The molecule has 1 atom stereocenters. The Balaban J connectivity index is 1.92. The second kappa shape index (κ2) is 6.97. The van der Waals surface area contributed by atoms with Crippen LogP contribution in [-0.4, -0.2) is 40.3 Å². The number of amides is 1. The van der Waals surface area contributed by atoms with Crippen molar-refractivity contribution in [1.82, 2.24) is 4.90 Å². The van der Waals surface area contributed by atoms with Crippen LogP contribution in [-0.2, 0) is 9.53 Å². The number of aliphatic carboxylic acids is 1. The van der Waals surface area contributed by atoms with Gasteiger partial charge in [-0.1, -0.05) is 32.9 Å². The van der Waals surface area contributed by atoms with Crippen LogP contribution in [0.5, 0.6) is 0 Å². The summed E-state index contributed by atoms with van der Waals surface area (Å²) < 4.78 is 6.69. The number of halogens is 1. The average Bonchev–Trinajstić information content (AvgIpc) is 2.93. The first-order valence-corrected chi connectivity index (χ1v) is 9.90. The van der Waals surface area contributed by atoms with E-state index in [4.69, 9.17) is 4.74 Å². The Bertz CT molecular complexity index is 704. The van der Waals surface area contributed by atoms with E-state index in [1.54, 1.807) is 18.2 Å². The Morgan fingerprint density at radius 2 is 1.85 bits per heavy atom. The molecular weight excluding hydrogens is 398 g/mol. The van der Waals surface area contributed by atoms with Crippen LogP contribution in [0.4, 0.5) is 0 Å². The monoisotopic (exact) mass is 423 g/mol. The largest absolute Gasteiger partial charge is 0.480 e. The first-order chi connectivity index (χ1) is 12.2. The highest BCUT2D eigenvalue weighted by Gasteiger charge is 2.54. The lowest BCUT2D eigenvalue weighted by Crippen LogP contribution is -2.55. The lowest BCUT2D eigenvalue weighted by atomic mass is 9.70. The van der Waals surface area contributed by atoms with Crippen LogP contribution in [0.3, 0.4) is 0 Å². The van der Waals surface area contributed by atoms with Gasteiger partial charge in [0, 0.05) is 4.47 Å². The molecule has 1 aromatic rings. The number of ether oxygens (including phenoxy) is 1. The molecule has 1 aromatic carbocycles. The van der Waals surface area contributed by atoms with E-state index in [1.165, 1.54) is 4.90 Å². The molecule has 0 aromatic heterocycles. The molecule has 5 nitrogen and oxygen atoms in total. The Kier molecular flexibility index (Phi) is 5.19. The SMILES string of the molecule is CC(C)(C)C1CCC2(CC1)OC[C@H](C(=O)O)N2C(=O)c1ccccc1Br. The summed E-state index contributed by atoms with van der Waals surface area (Å²) in [5, 5.41) is 9.66. The second-order valence-corrected chi connectivity index (χ2v) is 9.26. The number of carboxylic acids is 1. The summed E-state index contributed by atoms with van der Waals surface area (Å²) in [6, 6.07) is 6.19. The topological polar surface area (TPSA) is 66.8 Å². The van der Waals surface area contributed by atoms with Crippen molar-refractivity contribution in [2.75, 3.05) is 6.61 Å². The second-order valence-electron chi connectivity index (χ2n) is 8.41. The fourth-order valence-electron chi connectivity index (χ4n) is 4.26. The fourth-order valence-corrected chi connectivity index (χ4v) is 4.71. The van der Waals surface area contributed by atoms with Crippen molar-refractivity contribution < 1.29 is 19.4 Å². The molecule has 0 bridgehead atoms. The number of nitrogens with zero attached hydrogens (tertiary/aromatic N) is 1. The Morgan fingerprint density at radius 1 is 1.23 bits per heavy atom. The highest BCUT2D eigenvalue weighted by atomic mass is 79.9. The van der Waals surface area contributed by atoms with Crippen molar-refractivity contribution in [2.24, 2.45) is 11.3 Å². The predicted octanol–water partition coefficient (Wildman–Crippen LogP) is 4.31. The van der Waals surface area contributed by atoms with Crippen molar-refractivity contribution in [3.63, 3.8) is 0 Å². The van der Waals surface area contributed by atoms with Gasteiger partial charge in [-0.15, -0.1) is 0 Å². The number of benzene rings is 1. The third kappa shape index (κ3) is 3.41. The Morgan fingerprint density at radius 3 is 2.38 bits per heavy atom. The fraction of sp³-hybridized carbons (Fsp3) is 0.600. The number of hydrogen-bond acceptors (Lipinski definition) is 3. The molecule has 1 aliphatic carbocycles. The first-order valence-electron chi connectivity index (χ1n) is 9.11. The van der Waals surface area contributed by atoms with Crippen molar-refractivity contribution in [3.8, 4) is 0 Å². The maximum absolute atomic E-state index is 13.3. The van der Waals surface area contributed by atoms with Crippen LogP contribution in [0.1, 0.15) is 56.8 Å². The molecule has 1 aliphatic heterocycles. The van der Waals surface area contributed by atoms with Crippen LogP contribution in [0.15, 0.2) is 28.7 Å². The number of hydrogen-bond donors (Lipinski definition) is 1. The molecule has 0 unspecified atom stereocenters. The summed E-state index contributed by atoms with van der Waals surface area (Å²) in [5.41, 5.74) is -0.137. The van der Waals surface area contributed by atoms with E-state index in [0.717, 1.165) is 12.8 Å². The molecule has 1 N–H and O–H groups in total. The molecule has 0 radical (unpaired) electrons. The highest BCUT2D eigenvalue weighted by Crippen LogP contribution is 2.47. The van der Waals surface area contributed by atoms with Crippen LogP contribution in [0.2, 0.25) is 0 Å². The Hall–Kier alpha value is -1.40. The minimum Gasteiger partial charge on any atom is -0.480 e. The smallest absolute Gasteiger partial charge is 0.328 e. The molecule has 1 heterocycles. The summed E-state index contributed by atoms with van der Waals surface area (Å²) in [6.07, 6.45) is 3.20. The van der Waals surface area contributed by atoms with Crippen molar-refractivity contribution in [1.29, 1.82) is 0 Å². The van der Waals surface area contributed by atoms with Gasteiger partial charge in [-0.25, -0.2) is 4.79 Å². The van der Waals surface area contributed by atoms with Crippen molar-refractivity contribution in [2.45, 2.75) is 58.2 Å². The van der Waals surface area contributed by atoms with Crippen LogP contribution in [0.25, 0.3) is 0 Å². The molecule has 26 heavy (non-hydrogen) atoms. The molecule has 1 saturated carbocycles. The van der Waals surface area contributed by atoms with Gasteiger partial charge in [0.2, 0.25) is 0 Å². The van der Waals surface area contributed by atoms with Crippen LogP contribution in [0, 0.1) is 11.3 Å². The third-order valence-corrected chi connectivity index (χ3v) is 6.55. The lowest BCUT2D eigenvalue weighted by Gasteiger charge is -2.46. The normalized spacial score (nSPS) is 29.2. The van der Waals surface area contributed by atoms with E-state index in [-0.39, 0.29) is 17.9 Å². The zero-order chi connectivity index (χ0) is 19.1. The minimum absolute atomic E-state index is 0.0473. The van der Waals surface area contributed by atoms with E-state index in [2.05, 4.69) is 36.7 Å². The summed E-state index contributed by atoms with van der Waals surface area (Å²) >= 11 is 3.41. The summed E-state index contributed by atoms with van der Waals surface area (Å²) in [5.74, 6) is -0.752. The standard InChI is InChI=1S/C20H26BrNO4/c1-19(2,3)13-8-10-20(11-9-13)22(16(12-26-20)18(24)25)17(23)14-6-4-5-7-15(14)21/h4-7,13,16H,8-12H2,1-3H3,(H,24,25)/t13?,16-,20?/m1/s1. The molecule has 142 valence electrons. The molecule has 1 saturated heterocycles. The van der Waals surface area contributed by atoms with Crippen LogP contribution >= 0.6 is 15.9 Å². The number of rotatable bonds is 2. The zero-order valence-electron chi connectivity index (χ0n) is 15.5. The van der Waals surface area contributed by atoms with Gasteiger partial charge in [-0.3, -0.25) is 9.69 Å². The summed E-state index contributed by atoms with van der Waals surface area (Å²) in [7, 11) is 0. The highest BCUT2D eigenvalue weighted by molar-refractivity contribution is 9.10. The number of carboxylic acid groups (broad SMARTS) is 1. The van der Waals surface area contributed by atoms with E-state index < -0.39 is 17.7 Å². The zero-order valence-corrected chi connectivity index (χ0v) is 17.1. The molecule has 2 aliphatic rings. The van der Waals surface area contributed by atoms with Gasteiger partial charge < -0.3 is 9.84 Å². The summed E-state index contributed by atoms with van der Waals surface area (Å²) in [4.78, 5) is 26.6. The van der Waals surface area contributed by atoms with Gasteiger partial charge in [0.25, 0.3) is 5.91 Å². The van der Waals surface area contributed by atoms with Crippen molar-refractivity contribution in [3.05, 3.63) is 34.3 Å². The average molecular weight is 424 g/mol. The van der Waals surface area contributed by atoms with Crippen LogP contribution < -0.4 is 0 Å². The Labute approximate surface area is 162 Å². The van der Waals surface area contributed by atoms with Gasteiger partial charge in [-0.2, -0.15) is 0 Å². The van der Waals surface area contributed by atoms with E-state index in [9.17, 15) is 14.7 Å². The molecule has 6 heteroatoms. The number of carbonyl (C=O) groups excluding carboxylic acids is 1. The minimum atomic E-state index is -1.01. The van der Waals surface area contributed by atoms with Gasteiger partial charge in [0.1, 0.15) is 5.72 Å². The molecule has 1 amide bonds. The third-order valence-electron chi connectivity index (χ3n) is 5.86. The molecular formula is C20H26BrNO4. The maximum Gasteiger partial charge on any atom is 0.328 e. The lowest BCUT2D eigenvalue weighted by molar-refractivity contribution is -0.144. The van der Waals surface area contributed by atoms with Crippen molar-refractivity contribution >= 4 is 27.8 Å². The van der Waals surface area contributed by atoms with Gasteiger partial charge in [0.05, 0.1) is 12.2 Å². The summed E-state index contributed by atoms with van der Waals surface area (Å²) in [6.45, 7) is 6.74. The van der Waals surface area contributed by atoms with Gasteiger partial charge in [0.15, 0.2) is 6.04 Å². The van der Waals surface area contributed by atoms with Gasteiger partial charge in [-0.05, 0) is 65.1 Å². The maximum atomic E-state index is 13.3. The molecule has 1 spiro atoms. The van der Waals surface area contributed by atoms with Gasteiger partial charge >= 0.3 is 5.97 Å². The molecule has 2 fully saturated rings. The first kappa shape index (κ1) is 19.4. The quantitative estimate of drug-likeness (QED) is 0.769. The predicted molar refractivity (Wildman–Crippen MR) is 102 cm³/mol. The van der Waals surface area contributed by atoms with E-state index >= 15 is 0 Å².